The molecule has 21 heavy (non-hydrogen) atoms. The number of nitrogens with zero attached hydrogens (tertiary/aromatic N) is 2. The minimum Gasteiger partial charge on any atom is -0.374 e. The largest absolute Gasteiger partial charge is 0.374 e. The lowest BCUT2D eigenvalue weighted by Crippen LogP contribution is -2.50. The van der Waals surface area contributed by atoms with E-state index in [0.29, 0.717) is 0 Å². The van der Waals surface area contributed by atoms with E-state index in [2.05, 4.69) is 34.4 Å². The van der Waals surface area contributed by atoms with Gasteiger partial charge in [-0.05, 0) is 24.7 Å². The predicted molar refractivity (Wildman–Crippen MR) is 98.5 cm³/mol. The van der Waals surface area contributed by atoms with Gasteiger partial charge in [-0.3, -0.25) is 9.89 Å². The van der Waals surface area contributed by atoms with Gasteiger partial charge < -0.3 is 15.4 Å². The number of hydrogen-bond acceptors (Lipinski definition) is 3. The Morgan fingerprint density at radius 1 is 1.29 bits per heavy atom. The van der Waals surface area contributed by atoms with Gasteiger partial charge in [0, 0.05) is 39.8 Å². The first kappa shape index (κ1) is 19.0. The Hall–Kier alpha value is -0.0800. The van der Waals surface area contributed by atoms with E-state index in [-0.39, 0.29) is 30.1 Å². The van der Waals surface area contributed by atoms with Crippen molar-refractivity contribution in [2.24, 2.45) is 16.8 Å². The minimum absolute atomic E-state index is 0. The van der Waals surface area contributed by atoms with Gasteiger partial charge in [-0.2, -0.15) is 0 Å². The molecule has 2 rings (SSSR count). The molecule has 5 nitrogen and oxygen atoms in total. The second-order valence-corrected chi connectivity index (χ2v) is 6.42. The molecule has 0 bridgehead atoms. The maximum atomic E-state index is 5.84. The van der Waals surface area contributed by atoms with Crippen LogP contribution in [0.1, 0.15) is 26.7 Å². The Kier molecular flexibility index (Phi) is 8.89. The van der Waals surface area contributed by atoms with Gasteiger partial charge in [-0.1, -0.05) is 13.8 Å². The molecule has 1 aliphatic heterocycles. The lowest BCUT2D eigenvalue weighted by Gasteiger charge is -2.34. The van der Waals surface area contributed by atoms with Gasteiger partial charge in [0.1, 0.15) is 0 Å². The molecule has 1 aliphatic carbocycles. The third-order valence-corrected chi connectivity index (χ3v) is 3.82. The number of rotatable bonds is 6. The number of ether oxygens (including phenoxy) is 1. The van der Waals surface area contributed by atoms with E-state index in [0.717, 1.165) is 57.1 Å². The second-order valence-electron chi connectivity index (χ2n) is 6.42. The zero-order chi connectivity index (χ0) is 14.4. The molecule has 124 valence electrons. The summed E-state index contributed by atoms with van der Waals surface area (Å²) in [6, 6.07) is 0. The molecule has 0 amide bonds. The highest BCUT2D eigenvalue weighted by Gasteiger charge is 2.23. The lowest BCUT2D eigenvalue weighted by molar-refractivity contribution is -0.0284. The molecule has 2 aliphatic rings. The molecule has 0 radical (unpaired) electrons. The molecule has 0 aromatic rings. The number of nitrogens with one attached hydrogen (secondary N) is 2. The summed E-state index contributed by atoms with van der Waals surface area (Å²) in [5.74, 6) is 2.48. The molecule has 0 aromatic carbocycles. The smallest absolute Gasteiger partial charge is 0.191 e. The van der Waals surface area contributed by atoms with Crippen LogP contribution in [0.2, 0.25) is 0 Å². The van der Waals surface area contributed by atoms with Gasteiger partial charge in [0.15, 0.2) is 5.96 Å². The fourth-order valence-corrected chi connectivity index (χ4v) is 2.58. The van der Waals surface area contributed by atoms with Gasteiger partial charge >= 0.3 is 0 Å². The van der Waals surface area contributed by atoms with Gasteiger partial charge in [0.2, 0.25) is 0 Å². The van der Waals surface area contributed by atoms with Crippen molar-refractivity contribution in [3.05, 3.63) is 0 Å². The molecule has 6 heteroatoms. The SMILES string of the molecule is CN=C(NCC1CC1)NCC1CN(CC(C)C)CCO1.I. The Balaban J connectivity index is 0.00000220. The van der Waals surface area contributed by atoms with Gasteiger partial charge in [0.05, 0.1) is 12.7 Å². The van der Waals surface area contributed by atoms with Crippen molar-refractivity contribution in [2.45, 2.75) is 32.8 Å². The van der Waals surface area contributed by atoms with Crippen molar-refractivity contribution in [2.75, 3.05) is 46.4 Å². The first-order chi connectivity index (χ1) is 9.67. The summed E-state index contributed by atoms with van der Waals surface area (Å²) in [6.45, 7) is 10.5. The summed E-state index contributed by atoms with van der Waals surface area (Å²) in [5.41, 5.74) is 0. The highest BCUT2D eigenvalue weighted by molar-refractivity contribution is 14.0. The molecule has 2 fully saturated rings. The van der Waals surface area contributed by atoms with E-state index in [4.69, 9.17) is 4.74 Å². The van der Waals surface area contributed by atoms with E-state index in [1.807, 2.05) is 7.05 Å². The highest BCUT2D eigenvalue weighted by Crippen LogP contribution is 2.27. The fourth-order valence-electron chi connectivity index (χ4n) is 2.58. The molecule has 0 spiro atoms. The molecule has 2 N–H and O–H groups in total. The van der Waals surface area contributed by atoms with Crippen LogP contribution in [0.15, 0.2) is 4.99 Å². The average Bonchev–Trinajstić information content (AvgIpc) is 3.23. The van der Waals surface area contributed by atoms with Crippen LogP contribution in [0.4, 0.5) is 0 Å². The van der Waals surface area contributed by atoms with Crippen LogP contribution >= 0.6 is 24.0 Å². The van der Waals surface area contributed by atoms with Crippen LogP contribution in [0.25, 0.3) is 0 Å². The van der Waals surface area contributed by atoms with Crippen LogP contribution in [0.5, 0.6) is 0 Å². The molecular weight excluding hydrogens is 379 g/mol. The van der Waals surface area contributed by atoms with E-state index in [1.165, 1.54) is 12.8 Å². The number of hydrogen-bond donors (Lipinski definition) is 2. The molecule has 1 unspecified atom stereocenters. The Bertz CT molecular complexity index is 321. The van der Waals surface area contributed by atoms with Crippen molar-refractivity contribution in [1.82, 2.24) is 15.5 Å². The van der Waals surface area contributed by atoms with E-state index >= 15 is 0 Å². The van der Waals surface area contributed by atoms with Crippen LogP contribution < -0.4 is 10.6 Å². The Morgan fingerprint density at radius 2 is 2.00 bits per heavy atom. The number of guanidine groups is 1. The van der Waals surface area contributed by atoms with Gasteiger partial charge in [0.25, 0.3) is 0 Å². The fraction of sp³-hybridized carbons (Fsp3) is 0.933. The molecule has 1 heterocycles. The Labute approximate surface area is 146 Å². The third kappa shape index (κ3) is 7.65. The van der Waals surface area contributed by atoms with Crippen LogP contribution in [0, 0.1) is 11.8 Å². The van der Waals surface area contributed by atoms with Crippen LogP contribution in [-0.4, -0.2) is 63.3 Å². The van der Waals surface area contributed by atoms with Crippen molar-refractivity contribution in [3.63, 3.8) is 0 Å². The highest BCUT2D eigenvalue weighted by atomic mass is 127. The summed E-state index contributed by atoms with van der Waals surface area (Å²) < 4.78 is 5.84. The monoisotopic (exact) mass is 410 g/mol. The van der Waals surface area contributed by atoms with Gasteiger partial charge in [-0.15, -0.1) is 24.0 Å². The van der Waals surface area contributed by atoms with Crippen LogP contribution in [-0.2, 0) is 4.74 Å². The molecule has 1 saturated carbocycles. The summed E-state index contributed by atoms with van der Waals surface area (Å²) in [5, 5.41) is 6.77. The zero-order valence-electron chi connectivity index (χ0n) is 13.6. The third-order valence-electron chi connectivity index (χ3n) is 3.82. The summed E-state index contributed by atoms with van der Waals surface area (Å²) in [4.78, 5) is 6.77. The summed E-state index contributed by atoms with van der Waals surface area (Å²) in [6.07, 6.45) is 2.99. The second kappa shape index (κ2) is 9.84. The molecule has 1 atom stereocenters. The van der Waals surface area contributed by atoms with Gasteiger partial charge in [-0.25, -0.2) is 0 Å². The minimum atomic E-state index is 0. The maximum Gasteiger partial charge on any atom is 0.191 e. The van der Waals surface area contributed by atoms with Crippen LogP contribution in [0.3, 0.4) is 0 Å². The van der Waals surface area contributed by atoms with Crippen molar-refractivity contribution >= 4 is 29.9 Å². The summed E-state index contributed by atoms with van der Waals surface area (Å²) >= 11 is 0. The van der Waals surface area contributed by atoms with E-state index in [9.17, 15) is 0 Å². The first-order valence-electron chi connectivity index (χ1n) is 7.96. The molecule has 0 aromatic heterocycles. The average molecular weight is 410 g/mol. The standard InChI is InChI=1S/C15H30N4O.HI/c1-12(2)10-19-6-7-20-14(11-19)9-18-15(16-3)17-8-13-4-5-13;/h12-14H,4-11H2,1-3H3,(H2,16,17,18);1H. The summed E-state index contributed by atoms with van der Waals surface area (Å²) in [7, 11) is 1.83. The van der Waals surface area contributed by atoms with E-state index < -0.39 is 0 Å². The van der Waals surface area contributed by atoms with Crippen molar-refractivity contribution in [3.8, 4) is 0 Å². The molecule has 1 saturated heterocycles. The first-order valence-corrected chi connectivity index (χ1v) is 7.96. The van der Waals surface area contributed by atoms with Crippen molar-refractivity contribution < 1.29 is 4.74 Å². The maximum absolute atomic E-state index is 5.84. The van der Waals surface area contributed by atoms with E-state index in [1.54, 1.807) is 0 Å². The number of aliphatic imine (C=N–C) groups is 1. The topological polar surface area (TPSA) is 48.9 Å². The molecular formula is C15H31IN4O. The normalized spacial score (nSPS) is 23.8. The zero-order valence-corrected chi connectivity index (χ0v) is 15.9. The lowest BCUT2D eigenvalue weighted by atomic mass is 10.2. The quantitative estimate of drug-likeness (QED) is 0.396. The number of halogens is 1. The Morgan fingerprint density at radius 3 is 2.62 bits per heavy atom. The predicted octanol–water partition coefficient (Wildman–Crippen LogP) is 1.54. The number of morpholine rings is 1. The van der Waals surface area contributed by atoms with Crippen molar-refractivity contribution in [1.29, 1.82) is 0 Å².